The van der Waals surface area contributed by atoms with Gasteiger partial charge in [0, 0.05) is 44.7 Å². The molecule has 1 unspecified atom stereocenters. The highest BCUT2D eigenvalue weighted by Gasteiger charge is 2.42. The van der Waals surface area contributed by atoms with Gasteiger partial charge in [0.2, 0.25) is 17.7 Å². The van der Waals surface area contributed by atoms with Crippen LogP contribution in [0.4, 0.5) is 18.9 Å². The first-order valence-electron chi connectivity index (χ1n) is 9.63. The Hall–Kier alpha value is -2.59. The van der Waals surface area contributed by atoms with E-state index in [-0.39, 0.29) is 30.7 Å². The lowest BCUT2D eigenvalue weighted by atomic mass is 9.94. The van der Waals surface area contributed by atoms with Crippen LogP contribution in [0.15, 0.2) is 12.4 Å². The largest absolute Gasteiger partial charge is 0.406 e. The molecule has 11 heteroatoms. The van der Waals surface area contributed by atoms with Gasteiger partial charge in [-0.3, -0.25) is 19.1 Å². The number of hydrogen-bond donors (Lipinski definition) is 1. The van der Waals surface area contributed by atoms with E-state index in [1.807, 2.05) is 6.92 Å². The Labute approximate surface area is 166 Å². The van der Waals surface area contributed by atoms with Crippen LogP contribution in [-0.2, 0) is 20.9 Å². The van der Waals surface area contributed by atoms with Gasteiger partial charge in [-0.15, -0.1) is 0 Å². The highest BCUT2D eigenvalue weighted by Crippen LogP contribution is 2.27. The van der Waals surface area contributed by atoms with E-state index < -0.39 is 24.5 Å². The summed E-state index contributed by atoms with van der Waals surface area (Å²) in [7, 11) is 0. The lowest BCUT2D eigenvalue weighted by molar-refractivity contribution is -0.157. The van der Waals surface area contributed by atoms with Crippen LogP contribution in [0.2, 0.25) is 0 Å². The van der Waals surface area contributed by atoms with Gasteiger partial charge in [-0.1, -0.05) is 0 Å². The first kappa shape index (κ1) is 21.1. The van der Waals surface area contributed by atoms with Crippen molar-refractivity contribution in [2.75, 3.05) is 31.5 Å². The van der Waals surface area contributed by atoms with Crippen LogP contribution in [0.25, 0.3) is 0 Å². The fourth-order valence-corrected chi connectivity index (χ4v) is 3.77. The summed E-state index contributed by atoms with van der Waals surface area (Å²) >= 11 is 0. The molecule has 0 spiro atoms. The monoisotopic (exact) mass is 415 g/mol. The highest BCUT2D eigenvalue weighted by atomic mass is 19.4. The Kier molecular flexibility index (Phi) is 6.13. The van der Waals surface area contributed by atoms with Gasteiger partial charge in [0.05, 0.1) is 17.8 Å². The van der Waals surface area contributed by atoms with E-state index in [9.17, 15) is 27.6 Å². The minimum absolute atomic E-state index is 0.139. The molecule has 0 saturated carbocycles. The van der Waals surface area contributed by atoms with Crippen LogP contribution >= 0.6 is 0 Å². The minimum atomic E-state index is -4.48. The number of nitrogens with zero attached hydrogens (tertiary/aromatic N) is 4. The normalized spacial score (nSPS) is 21.0. The summed E-state index contributed by atoms with van der Waals surface area (Å²) in [6.45, 7) is 1.78. The Bertz CT molecular complexity index is 771. The Morgan fingerprint density at radius 2 is 1.93 bits per heavy atom. The number of hydrogen-bond acceptors (Lipinski definition) is 4. The molecule has 1 aromatic rings. The van der Waals surface area contributed by atoms with Crippen molar-refractivity contribution >= 4 is 23.4 Å². The van der Waals surface area contributed by atoms with Crippen LogP contribution in [0, 0.1) is 11.8 Å². The van der Waals surface area contributed by atoms with Crippen molar-refractivity contribution in [1.29, 1.82) is 0 Å². The summed E-state index contributed by atoms with van der Waals surface area (Å²) < 4.78 is 39.3. The van der Waals surface area contributed by atoms with Crippen molar-refractivity contribution in [2.24, 2.45) is 11.8 Å². The second-order valence-corrected chi connectivity index (χ2v) is 7.46. The van der Waals surface area contributed by atoms with Gasteiger partial charge in [-0.05, 0) is 19.8 Å². The second kappa shape index (κ2) is 8.42. The van der Waals surface area contributed by atoms with E-state index in [2.05, 4.69) is 10.4 Å². The molecule has 3 amide bonds. The average Bonchev–Trinajstić information content (AvgIpc) is 3.26. The molecule has 2 aliphatic rings. The third-order valence-electron chi connectivity index (χ3n) is 5.34. The molecule has 2 saturated heterocycles. The number of nitrogens with one attached hydrogen (secondary N) is 1. The number of alkyl halides is 3. The molecule has 3 heterocycles. The smallest absolute Gasteiger partial charge is 0.342 e. The molecular weight excluding hydrogens is 391 g/mol. The number of aromatic nitrogens is 2. The van der Waals surface area contributed by atoms with Gasteiger partial charge in [0.1, 0.15) is 6.54 Å². The van der Waals surface area contributed by atoms with Crippen molar-refractivity contribution in [3.05, 3.63) is 12.4 Å². The molecule has 160 valence electrons. The predicted octanol–water partition coefficient (Wildman–Crippen LogP) is 1.49. The first-order chi connectivity index (χ1) is 13.7. The molecule has 2 aliphatic heterocycles. The van der Waals surface area contributed by atoms with Crippen molar-refractivity contribution in [1.82, 2.24) is 19.6 Å². The number of halogens is 3. The van der Waals surface area contributed by atoms with Crippen LogP contribution in [0.3, 0.4) is 0 Å². The highest BCUT2D eigenvalue weighted by molar-refractivity contribution is 5.93. The molecule has 1 atom stereocenters. The fraction of sp³-hybridized carbons (Fsp3) is 0.667. The summed E-state index contributed by atoms with van der Waals surface area (Å²) in [5.41, 5.74) is 0.615. The Morgan fingerprint density at radius 1 is 1.24 bits per heavy atom. The molecular formula is C18H24F3N5O3. The van der Waals surface area contributed by atoms with Gasteiger partial charge in [-0.25, -0.2) is 0 Å². The minimum Gasteiger partial charge on any atom is -0.342 e. The van der Waals surface area contributed by atoms with Crippen LogP contribution in [-0.4, -0.2) is 69.7 Å². The summed E-state index contributed by atoms with van der Waals surface area (Å²) in [6, 6.07) is 0. The zero-order chi connectivity index (χ0) is 21.2. The van der Waals surface area contributed by atoms with E-state index in [0.717, 1.165) is 0 Å². The van der Waals surface area contributed by atoms with Crippen molar-refractivity contribution in [3.8, 4) is 0 Å². The van der Waals surface area contributed by atoms with Gasteiger partial charge in [0.25, 0.3) is 0 Å². The second-order valence-electron chi connectivity index (χ2n) is 7.46. The molecule has 3 rings (SSSR count). The maximum absolute atomic E-state index is 12.6. The molecule has 0 bridgehead atoms. The number of piperidine rings is 1. The van der Waals surface area contributed by atoms with Crippen LogP contribution in [0.5, 0.6) is 0 Å². The zero-order valence-corrected chi connectivity index (χ0v) is 16.1. The lowest BCUT2D eigenvalue weighted by Gasteiger charge is -2.32. The molecule has 2 fully saturated rings. The van der Waals surface area contributed by atoms with Crippen molar-refractivity contribution < 1.29 is 27.6 Å². The zero-order valence-electron chi connectivity index (χ0n) is 16.1. The van der Waals surface area contributed by atoms with Crippen molar-refractivity contribution in [3.63, 3.8) is 0 Å². The van der Waals surface area contributed by atoms with Crippen LogP contribution in [0.1, 0.15) is 26.2 Å². The number of likely N-dealkylation sites (tertiary alicyclic amines) is 2. The quantitative estimate of drug-likeness (QED) is 0.790. The number of anilines is 1. The lowest BCUT2D eigenvalue weighted by Crippen LogP contribution is -2.44. The average molecular weight is 415 g/mol. The van der Waals surface area contributed by atoms with Crippen molar-refractivity contribution in [2.45, 2.75) is 38.9 Å². The Morgan fingerprint density at radius 3 is 2.52 bits per heavy atom. The molecule has 1 N–H and O–H groups in total. The summed E-state index contributed by atoms with van der Waals surface area (Å²) in [5.74, 6) is -2.11. The summed E-state index contributed by atoms with van der Waals surface area (Å²) in [6.07, 6.45) is -0.438. The van der Waals surface area contributed by atoms with Gasteiger partial charge in [-0.2, -0.15) is 18.3 Å². The summed E-state index contributed by atoms with van der Waals surface area (Å²) in [5, 5.41) is 6.91. The van der Waals surface area contributed by atoms with Gasteiger partial charge < -0.3 is 15.1 Å². The maximum Gasteiger partial charge on any atom is 0.406 e. The number of rotatable bonds is 5. The number of amides is 3. The number of aryl methyl sites for hydroxylation is 1. The number of carbonyl (C=O) groups excluding carboxylic acids is 3. The predicted molar refractivity (Wildman–Crippen MR) is 96.6 cm³/mol. The molecule has 0 aliphatic carbocycles. The van der Waals surface area contributed by atoms with E-state index in [4.69, 9.17) is 0 Å². The molecule has 0 radical (unpaired) electrons. The molecule has 0 aromatic carbocycles. The standard InChI is InChI=1S/C18H24F3N5O3/c1-2-26-10-14(8-22-26)23-16(28)12-3-5-24(6-4-12)17(29)13-7-15(27)25(9-13)11-18(19,20)21/h8,10,12-13H,2-7,9,11H2,1H3,(H,23,28). The third-order valence-corrected chi connectivity index (χ3v) is 5.34. The molecule has 8 nitrogen and oxygen atoms in total. The maximum atomic E-state index is 12.6. The first-order valence-corrected chi connectivity index (χ1v) is 9.63. The number of carbonyl (C=O) groups is 3. The Balaban J connectivity index is 1.48. The molecule has 1 aromatic heterocycles. The topological polar surface area (TPSA) is 87.5 Å². The third kappa shape index (κ3) is 5.27. The van der Waals surface area contributed by atoms with E-state index in [0.29, 0.717) is 43.1 Å². The van der Waals surface area contributed by atoms with Crippen LogP contribution < -0.4 is 5.32 Å². The van der Waals surface area contributed by atoms with Gasteiger partial charge in [0.15, 0.2) is 0 Å². The molecule has 29 heavy (non-hydrogen) atoms. The van der Waals surface area contributed by atoms with E-state index in [1.54, 1.807) is 22.0 Å². The van der Waals surface area contributed by atoms with E-state index >= 15 is 0 Å². The van der Waals surface area contributed by atoms with Gasteiger partial charge >= 0.3 is 6.18 Å². The summed E-state index contributed by atoms with van der Waals surface area (Å²) in [4.78, 5) is 39.0. The fourth-order valence-electron chi connectivity index (χ4n) is 3.77. The van der Waals surface area contributed by atoms with E-state index in [1.165, 1.54) is 0 Å². The SMILES string of the molecule is CCn1cc(NC(=O)C2CCN(C(=O)C3CC(=O)N(CC(F)(F)F)C3)CC2)cn1.